The van der Waals surface area contributed by atoms with Gasteiger partial charge in [-0.15, -0.1) is 0 Å². The molecule has 0 fully saturated rings. The van der Waals surface area contributed by atoms with E-state index in [1.54, 1.807) is 38.1 Å². The van der Waals surface area contributed by atoms with Crippen LogP contribution < -0.4 is 10.0 Å². The number of hydrogen-bond acceptors (Lipinski definition) is 3. The first-order valence-electron chi connectivity index (χ1n) is 9.70. The van der Waals surface area contributed by atoms with E-state index in [1.165, 1.54) is 0 Å². The van der Waals surface area contributed by atoms with E-state index in [2.05, 4.69) is 28.2 Å². The van der Waals surface area contributed by atoms with Crippen LogP contribution in [0, 0.1) is 0 Å². The molecule has 3 aromatic carbocycles. The molecule has 2 N–H and O–H groups in total. The van der Waals surface area contributed by atoms with Gasteiger partial charge >= 0.3 is 0 Å². The molecule has 0 unspecified atom stereocenters. The number of aryl methyl sites for hydroxylation is 1. The number of carbonyl (C=O) groups excluding carboxylic acids is 1. The number of amides is 1. The molecule has 0 atom stereocenters. The van der Waals surface area contributed by atoms with Crippen molar-refractivity contribution in [2.75, 3.05) is 0 Å². The zero-order chi connectivity index (χ0) is 20.9. The Morgan fingerprint density at radius 2 is 1.62 bits per heavy atom. The van der Waals surface area contributed by atoms with Gasteiger partial charge in [0.1, 0.15) is 0 Å². The van der Waals surface area contributed by atoms with E-state index in [9.17, 15) is 13.2 Å². The quantitative estimate of drug-likeness (QED) is 0.593. The summed E-state index contributed by atoms with van der Waals surface area (Å²) in [6, 6.07) is 20.7. The molecule has 0 radical (unpaired) electrons. The SMILES string of the molecule is CC(C)NS(=O)(=O)c1ccc(CCC(=O)NCc2cccc3ccccc23)cc1. The summed E-state index contributed by atoms with van der Waals surface area (Å²) in [5, 5.41) is 5.27. The Balaban J connectivity index is 1.54. The third kappa shape index (κ3) is 5.65. The normalized spacial score (nSPS) is 11.7. The van der Waals surface area contributed by atoms with E-state index in [-0.39, 0.29) is 16.8 Å². The van der Waals surface area contributed by atoms with Crippen LogP contribution in [0.25, 0.3) is 10.8 Å². The van der Waals surface area contributed by atoms with Crippen LogP contribution in [-0.4, -0.2) is 20.4 Å². The third-order valence-electron chi connectivity index (χ3n) is 4.62. The van der Waals surface area contributed by atoms with Gasteiger partial charge in [-0.3, -0.25) is 4.79 Å². The highest BCUT2D eigenvalue weighted by molar-refractivity contribution is 7.89. The number of sulfonamides is 1. The minimum Gasteiger partial charge on any atom is -0.352 e. The van der Waals surface area contributed by atoms with Gasteiger partial charge < -0.3 is 5.32 Å². The zero-order valence-electron chi connectivity index (χ0n) is 16.7. The maximum Gasteiger partial charge on any atom is 0.240 e. The highest BCUT2D eigenvalue weighted by Crippen LogP contribution is 2.18. The highest BCUT2D eigenvalue weighted by atomic mass is 32.2. The van der Waals surface area contributed by atoms with E-state index in [4.69, 9.17) is 0 Å². The minimum absolute atomic E-state index is 0.0314. The van der Waals surface area contributed by atoms with Crippen molar-refractivity contribution in [1.82, 2.24) is 10.0 Å². The number of benzene rings is 3. The number of rotatable bonds is 8. The van der Waals surface area contributed by atoms with Crippen molar-refractivity contribution >= 4 is 26.7 Å². The van der Waals surface area contributed by atoms with Crippen LogP contribution in [0.1, 0.15) is 31.4 Å². The molecule has 1 amide bonds. The predicted molar refractivity (Wildman–Crippen MR) is 116 cm³/mol. The van der Waals surface area contributed by atoms with Crippen molar-refractivity contribution in [2.24, 2.45) is 0 Å². The van der Waals surface area contributed by atoms with Gasteiger partial charge in [-0.2, -0.15) is 0 Å². The van der Waals surface area contributed by atoms with Gasteiger partial charge in [-0.25, -0.2) is 13.1 Å². The standard InChI is InChI=1S/C23H26N2O3S/c1-17(2)25-29(27,28)21-13-10-18(11-14-21)12-15-23(26)24-16-20-8-5-7-19-6-3-4-9-22(19)20/h3-11,13-14,17,25H,12,15-16H2,1-2H3,(H,24,26). The fraction of sp³-hybridized carbons (Fsp3) is 0.261. The van der Waals surface area contributed by atoms with Crippen molar-refractivity contribution in [1.29, 1.82) is 0 Å². The Bertz CT molecular complexity index is 1090. The second-order valence-electron chi connectivity index (χ2n) is 7.33. The maximum absolute atomic E-state index is 12.3. The monoisotopic (exact) mass is 410 g/mol. The molecule has 0 spiro atoms. The van der Waals surface area contributed by atoms with Crippen LogP contribution in [0.15, 0.2) is 71.6 Å². The van der Waals surface area contributed by atoms with Crippen molar-refractivity contribution in [3.63, 3.8) is 0 Å². The molecule has 29 heavy (non-hydrogen) atoms. The Kier molecular flexibility index (Phi) is 6.67. The molecule has 152 valence electrons. The number of hydrogen-bond donors (Lipinski definition) is 2. The van der Waals surface area contributed by atoms with Crippen LogP contribution in [0.4, 0.5) is 0 Å². The Hall–Kier alpha value is -2.70. The lowest BCUT2D eigenvalue weighted by Gasteiger charge is -2.10. The average Bonchev–Trinajstić information content (AvgIpc) is 2.70. The Morgan fingerprint density at radius 3 is 2.34 bits per heavy atom. The number of fused-ring (bicyclic) bond motifs is 1. The van der Waals surface area contributed by atoms with Crippen LogP contribution >= 0.6 is 0 Å². The summed E-state index contributed by atoms with van der Waals surface area (Å²) in [7, 11) is -3.49. The molecule has 0 aliphatic rings. The van der Waals surface area contributed by atoms with Crippen molar-refractivity contribution in [2.45, 2.75) is 44.2 Å². The van der Waals surface area contributed by atoms with Crippen LogP contribution in [0.5, 0.6) is 0 Å². The third-order valence-corrected chi connectivity index (χ3v) is 6.30. The molecule has 3 aromatic rings. The zero-order valence-corrected chi connectivity index (χ0v) is 17.5. The topological polar surface area (TPSA) is 75.3 Å². The summed E-state index contributed by atoms with van der Waals surface area (Å²) in [6.07, 6.45) is 0.903. The summed E-state index contributed by atoms with van der Waals surface area (Å²) in [5.41, 5.74) is 2.01. The van der Waals surface area contributed by atoms with Crippen LogP contribution in [0.3, 0.4) is 0 Å². The molecule has 0 saturated heterocycles. The maximum atomic E-state index is 12.3. The predicted octanol–water partition coefficient (Wildman–Crippen LogP) is 3.78. The van der Waals surface area contributed by atoms with Gasteiger partial charge in [0.05, 0.1) is 4.90 Å². The second-order valence-corrected chi connectivity index (χ2v) is 9.05. The van der Waals surface area contributed by atoms with Gasteiger partial charge in [0.2, 0.25) is 15.9 Å². The molecule has 3 rings (SSSR count). The first kappa shape index (κ1) is 21.0. The molecule has 0 aliphatic heterocycles. The van der Waals surface area contributed by atoms with E-state index in [1.807, 2.05) is 24.3 Å². The number of carbonyl (C=O) groups is 1. The molecular formula is C23H26N2O3S. The lowest BCUT2D eigenvalue weighted by atomic mass is 10.0. The van der Waals surface area contributed by atoms with E-state index >= 15 is 0 Å². The molecule has 0 saturated carbocycles. The van der Waals surface area contributed by atoms with Gasteiger partial charge in [0, 0.05) is 19.0 Å². The molecule has 0 aliphatic carbocycles. The van der Waals surface area contributed by atoms with Gasteiger partial charge in [-0.05, 0) is 54.3 Å². The summed E-state index contributed by atoms with van der Waals surface area (Å²) < 4.78 is 26.9. The summed E-state index contributed by atoms with van der Waals surface area (Å²) in [5.74, 6) is -0.0314. The van der Waals surface area contributed by atoms with Crippen molar-refractivity contribution < 1.29 is 13.2 Å². The summed E-state index contributed by atoms with van der Waals surface area (Å²) >= 11 is 0. The van der Waals surface area contributed by atoms with E-state index < -0.39 is 10.0 Å². The van der Waals surface area contributed by atoms with Gasteiger partial charge in [-0.1, -0.05) is 54.6 Å². The lowest BCUT2D eigenvalue weighted by molar-refractivity contribution is -0.121. The molecule has 0 bridgehead atoms. The average molecular weight is 411 g/mol. The molecule has 6 heteroatoms. The first-order chi connectivity index (χ1) is 13.8. The smallest absolute Gasteiger partial charge is 0.240 e. The summed E-state index contributed by atoms with van der Waals surface area (Å²) in [6.45, 7) is 4.05. The van der Waals surface area contributed by atoms with Crippen LogP contribution in [0.2, 0.25) is 0 Å². The van der Waals surface area contributed by atoms with Crippen molar-refractivity contribution in [3.05, 3.63) is 77.9 Å². The number of nitrogens with one attached hydrogen (secondary N) is 2. The van der Waals surface area contributed by atoms with E-state index in [0.717, 1.165) is 21.9 Å². The first-order valence-corrected chi connectivity index (χ1v) is 11.2. The van der Waals surface area contributed by atoms with Crippen molar-refractivity contribution in [3.8, 4) is 0 Å². The largest absolute Gasteiger partial charge is 0.352 e. The fourth-order valence-electron chi connectivity index (χ4n) is 3.20. The lowest BCUT2D eigenvalue weighted by Crippen LogP contribution is -2.30. The van der Waals surface area contributed by atoms with Gasteiger partial charge in [0.15, 0.2) is 0 Å². The van der Waals surface area contributed by atoms with E-state index in [0.29, 0.717) is 19.4 Å². The van der Waals surface area contributed by atoms with Gasteiger partial charge in [0.25, 0.3) is 0 Å². The molecule has 0 heterocycles. The Labute approximate surface area is 172 Å². The molecule has 0 aromatic heterocycles. The molecule has 5 nitrogen and oxygen atoms in total. The fourth-order valence-corrected chi connectivity index (χ4v) is 4.45. The highest BCUT2D eigenvalue weighted by Gasteiger charge is 2.15. The summed E-state index contributed by atoms with van der Waals surface area (Å²) in [4.78, 5) is 12.5. The van der Waals surface area contributed by atoms with Crippen LogP contribution in [-0.2, 0) is 27.8 Å². The Morgan fingerprint density at radius 1 is 0.931 bits per heavy atom. The minimum atomic E-state index is -3.49. The molecular weight excluding hydrogens is 384 g/mol. The second kappa shape index (κ2) is 9.20.